The third-order valence-corrected chi connectivity index (χ3v) is 4.69. The standard InChI is InChI=1S/C21H32N4O3S/c1-5-8-19-23-24-21(29)25(19)14-20(26)22-15(4)16-9-10-17(27-11-6-2)18(13-16)28-12-7-3/h9-10,13,15H,5-8,11-12,14H2,1-4H3,(H,22,26)(H,24,29). The van der Waals surface area contributed by atoms with Gasteiger partial charge in [0.05, 0.1) is 19.3 Å². The van der Waals surface area contributed by atoms with Crippen molar-refractivity contribution in [3.8, 4) is 11.5 Å². The summed E-state index contributed by atoms with van der Waals surface area (Å²) in [5.74, 6) is 2.13. The fourth-order valence-corrected chi connectivity index (χ4v) is 3.11. The number of nitrogens with one attached hydrogen (secondary N) is 2. The largest absolute Gasteiger partial charge is 0.490 e. The predicted molar refractivity (Wildman–Crippen MR) is 116 cm³/mol. The molecule has 0 saturated heterocycles. The molecule has 8 heteroatoms. The number of carbonyl (C=O) groups excluding carboxylic acids is 1. The Labute approximate surface area is 177 Å². The number of aromatic nitrogens is 3. The van der Waals surface area contributed by atoms with Crippen LogP contribution in [0.25, 0.3) is 0 Å². The molecule has 0 fully saturated rings. The summed E-state index contributed by atoms with van der Waals surface area (Å²) in [7, 11) is 0. The maximum absolute atomic E-state index is 12.6. The van der Waals surface area contributed by atoms with Crippen molar-refractivity contribution in [2.75, 3.05) is 13.2 Å². The van der Waals surface area contributed by atoms with Crippen LogP contribution in [0.15, 0.2) is 18.2 Å². The lowest BCUT2D eigenvalue weighted by atomic mass is 10.1. The summed E-state index contributed by atoms with van der Waals surface area (Å²) in [5, 5.41) is 10.0. The van der Waals surface area contributed by atoms with Crippen LogP contribution in [0.2, 0.25) is 0 Å². The van der Waals surface area contributed by atoms with Crippen molar-refractivity contribution in [2.45, 2.75) is 66.0 Å². The van der Waals surface area contributed by atoms with Gasteiger partial charge in [-0.2, -0.15) is 5.10 Å². The highest BCUT2D eigenvalue weighted by Gasteiger charge is 2.15. The molecule has 0 aliphatic rings. The van der Waals surface area contributed by atoms with Crippen LogP contribution in [0.1, 0.15) is 64.4 Å². The minimum atomic E-state index is -0.178. The first-order valence-electron chi connectivity index (χ1n) is 10.3. The van der Waals surface area contributed by atoms with Crippen LogP contribution < -0.4 is 14.8 Å². The molecular formula is C21H32N4O3S. The first kappa shape index (κ1) is 22.9. The molecule has 1 aromatic heterocycles. The summed E-state index contributed by atoms with van der Waals surface area (Å²) in [4.78, 5) is 12.6. The van der Waals surface area contributed by atoms with E-state index >= 15 is 0 Å². The lowest BCUT2D eigenvalue weighted by molar-refractivity contribution is -0.122. The summed E-state index contributed by atoms with van der Waals surface area (Å²) < 4.78 is 13.8. The second-order valence-electron chi connectivity index (χ2n) is 6.97. The van der Waals surface area contributed by atoms with Gasteiger partial charge in [-0.25, -0.2) is 0 Å². The number of carbonyl (C=O) groups is 1. The van der Waals surface area contributed by atoms with Gasteiger partial charge in [0.15, 0.2) is 16.3 Å². The third kappa shape index (κ3) is 6.59. The van der Waals surface area contributed by atoms with Gasteiger partial charge >= 0.3 is 0 Å². The highest BCUT2D eigenvalue weighted by atomic mass is 32.1. The number of amides is 1. The molecule has 2 aromatic rings. The van der Waals surface area contributed by atoms with Gasteiger partial charge in [-0.15, -0.1) is 0 Å². The van der Waals surface area contributed by atoms with Gasteiger partial charge < -0.3 is 14.8 Å². The minimum absolute atomic E-state index is 0.116. The van der Waals surface area contributed by atoms with E-state index in [0.29, 0.717) is 23.7 Å². The second-order valence-corrected chi connectivity index (χ2v) is 7.36. The highest BCUT2D eigenvalue weighted by Crippen LogP contribution is 2.31. The summed E-state index contributed by atoms with van der Waals surface area (Å²) in [6.07, 6.45) is 3.55. The zero-order valence-electron chi connectivity index (χ0n) is 17.8. The first-order chi connectivity index (χ1) is 14.0. The maximum atomic E-state index is 12.6. The van der Waals surface area contributed by atoms with E-state index in [1.54, 1.807) is 4.57 Å². The van der Waals surface area contributed by atoms with Crippen LogP contribution in [0, 0.1) is 4.77 Å². The number of hydrogen-bond acceptors (Lipinski definition) is 5. The fourth-order valence-electron chi connectivity index (χ4n) is 2.89. The van der Waals surface area contributed by atoms with Gasteiger partial charge in [-0.3, -0.25) is 14.5 Å². The number of aromatic amines is 1. The van der Waals surface area contributed by atoms with Crippen molar-refractivity contribution < 1.29 is 14.3 Å². The molecule has 1 heterocycles. The summed E-state index contributed by atoms with van der Waals surface area (Å²) >= 11 is 5.25. The zero-order valence-corrected chi connectivity index (χ0v) is 18.6. The van der Waals surface area contributed by atoms with Crippen molar-refractivity contribution in [3.63, 3.8) is 0 Å². The van der Waals surface area contributed by atoms with Crippen molar-refractivity contribution in [1.82, 2.24) is 20.1 Å². The van der Waals surface area contributed by atoms with Crippen molar-refractivity contribution >= 4 is 18.1 Å². The monoisotopic (exact) mass is 420 g/mol. The lowest BCUT2D eigenvalue weighted by Crippen LogP contribution is -2.30. The number of hydrogen-bond donors (Lipinski definition) is 2. The van der Waals surface area contributed by atoms with Gasteiger partial charge in [0.1, 0.15) is 12.4 Å². The van der Waals surface area contributed by atoms with Crippen molar-refractivity contribution in [3.05, 3.63) is 34.4 Å². The van der Waals surface area contributed by atoms with Crippen LogP contribution in [-0.2, 0) is 17.8 Å². The molecule has 0 aliphatic heterocycles. The van der Waals surface area contributed by atoms with Gasteiger partial charge in [0, 0.05) is 6.42 Å². The third-order valence-electron chi connectivity index (χ3n) is 4.38. The van der Waals surface area contributed by atoms with E-state index in [9.17, 15) is 4.79 Å². The average Bonchev–Trinajstić information content (AvgIpc) is 3.04. The molecule has 0 radical (unpaired) electrons. The maximum Gasteiger partial charge on any atom is 0.240 e. The first-order valence-corrected chi connectivity index (χ1v) is 10.7. The fraction of sp³-hybridized carbons (Fsp3) is 0.571. The molecule has 29 heavy (non-hydrogen) atoms. The van der Waals surface area contributed by atoms with Crippen molar-refractivity contribution in [2.24, 2.45) is 0 Å². The number of ether oxygens (including phenoxy) is 2. The zero-order chi connectivity index (χ0) is 21.2. The van der Waals surface area contributed by atoms with E-state index in [2.05, 4.69) is 36.3 Å². The molecule has 0 bridgehead atoms. The Morgan fingerprint density at radius 2 is 1.86 bits per heavy atom. The predicted octanol–water partition coefficient (Wildman–Crippen LogP) is 4.35. The second kappa shape index (κ2) is 11.6. The molecular weight excluding hydrogens is 388 g/mol. The molecule has 0 saturated carbocycles. The Hall–Kier alpha value is -2.35. The van der Waals surface area contributed by atoms with E-state index in [0.717, 1.165) is 42.8 Å². The lowest BCUT2D eigenvalue weighted by Gasteiger charge is -2.18. The van der Waals surface area contributed by atoms with E-state index in [-0.39, 0.29) is 18.5 Å². The van der Waals surface area contributed by atoms with E-state index < -0.39 is 0 Å². The Morgan fingerprint density at radius 3 is 2.52 bits per heavy atom. The quantitative estimate of drug-likeness (QED) is 0.499. The summed E-state index contributed by atoms with van der Waals surface area (Å²) in [6.45, 7) is 9.54. The molecule has 1 amide bonds. The number of nitrogens with zero attached hydrogens (tertiary/aromatic N) is 2. The Balaban J connectivity index is 2.09. The van der Waals surface area contributed by atoms with E-state index in [4.69, 9.17) is 21.7 Å². The number of benzene rings is 1. The van der Waals surface area contributed by atoms with Gasteiger partial charge in [0.25, 0.3) is 0 Å². The van der Waals surface area contributed by atoms with Crippen LogP contribution >= 0.6 is 12.2 Å². The van der Waals surface area contributed by atoms with Gasteiger partial charge in [-0.1, -0.05) is 26.8 Å². The molecule has 0 aliphatic carbocycles. The highest BCUT2D eigenvalue weighted by molar-refractivity contribution is 7.71. The van der Waals surface area contributed by atoms with Crippen LogP contribution in [-0.4, -0.2) is 33.9 Å². The van der Waals surface area contributed by atoms with Gasteiger partial charge in [0.2, 0.25) is 5.91 Å². The Kier molecular flexibility index (Phi) is 9.18. The van der Waals surface area contributed by atoms with Crippen molar-refractivity contribution in [1.29, 1.82) is 0 Å². The summed E-state index contributed by atoms with van der Waals surface area (Å²) in [5.41, 5.74) is 0.956. The SMILES string of the molecule is CCCOc1ccc(C(C)NC(=O)Cn2c(CCC)n[nH]c2=S)cc1OCCC. The van der Waals surface area contributed by atoms with Crippen LogP contribution in [0.5, 0.6) is 11.5 Å². The molecule has 0 spiro atoms. The normalized spacial score (nSPS) is 11.9. The van der Waals surface area contributed by atoms with Crippen LogP contribution in [0.3, 0.4) is 0 Å². The van der Waals surface area contributed by atoms with Gasteiger partial charge in [-0.05, 0) is 56.1 Å². The Morgan fingerprint density at radius 1 is 1.17 bits per heavy atom. The summed E-state index contributed by atoms with van der Waals surface area (Å²) in [6, 6.07) is 5.63. The number of aryl methyl sites for hydroxylation is 1. The molecule has 1 aromatic carbocycles. The molecule has 1 unspecified atom stereocenters. The molecule has 160 valence electrons. The molecule has 2 rings (SSSR count). The Bertz CT molecular complexity index is 847. The molecule has 7 nitrogen and oxygen atoms in total. The van der Waals surface area contributed by atoms with Crippen LogP contribution in [0.4, 0.5) is 0 Å². The number of H-pyrrole nitrogens is 1. The topological polar surface area (TPSA) is 81.2 Å². The molecule has 2 N–H and O–H groups in total. The number of rotatable bonds is 12. The smallest absolute Gasteiger partial charge is 0.240 e. The average molecular weight is 421 g/mol. The van der Waals surface area contributed by atoms with E-state index in [1.165, 1.54) is 0 Å². The van der Waals surface area contributed by atoms with E-state index in [1.807, 2.05) is 25.1 Å². The molecule has 1 atom stereocenters. The minimum Gasteiger partial charge on any atom is -0.490 e.